The van der Waals surface area contributed by atoms with E-state index in [1.165, 1.54) is 0 Å². The predicted octanol–water partition coefficient (Wildman–Crippen LogP) is 1.40. The minimum absolute atomic E-state index is 0.282. The lowest BCUT2D eigenvalue weighted by Gasteiger charge is -2.07. The van der Waals surface area contributed by atoms with Gasteiger partial charge >= 0.3 is 0 Å². The van der Waals surface area contributed by atoms with E-state index in [1.807, 2.05) is 6.92 Å². The van der Waals surface area contributed by atoms with E-state index in [0.29, 0.717) is 6.54 Å². The average molecular weight is 128 g/mol. The van der Waals surface area contributed by atoms with Gasteiger partial charge in [-0.05, 0) is 6.42 Å². The Balaban J connectivity index is 3.46. The fourth-order valence-corrected chi connectivity index (χ4v) is 0.658. The number of nitrogens with one attached hydrogen (secondary N) is 1. The first-order valence-corrected chi connectivity index (χ1v) is 3.49. The van der Waals surface area contributed by atoms with E-state index in [-0.39, 0.29) is 5.92 Å². The zero-order valence-electron chi connectivity index (χ0n) is 6.28. The molecule has 1 atom stereocenters. The fourth-order valence-electron chi connectivity index (χ4n) is 0.658. The molecule has 1 unspecified atom stereocenters. The van der Waals surface area contributed by atoms with Crippen molar-refractivity contribution in [2.45, 2.75) is 26.7 Å². The monoisotopic (exact) mass is 128 g/mol. The second-order valence-corrected chi connectivity index (χ2v) is 2.41. The molecule has 0 radical (unpaired) electrons. The second-order valence-electron chi connectivity index (χ2n) is 2.41. The van der Waals surface area contributed by atoms with Gasteiger partial charge in [0.05, 0.1) is 0 Å². The Morgan fingerprint density at radius 1 is 1.67 bits per heavy atom. The Kier molecular flexibility index (Phi) is 4.32. The van der Waals surface area contributed by atoms with Gasteiger partial charge in [0, 0.05) is 18.2 Å². The molecule has 0 aromatic carbocycles. The van der Waals surface area contributed by atoms with Crippen molar-refractivity contribution in [3.05, 3.63) is 0 Å². The van der Waals surface area contributed by atoms with E-state index >= 15 is 0 Å². The van der Waals surface area contributed by atoms with Crippen LogP contribution in [0.3, 0.4) is 0 Å². The quantitative estimate of drug-likeness (QED) is 0.552. The highest BCUT2D eigenvalue weighted by Gasteiger charge is 2.03. The van der Waals surface area contributed by atoms with Crippen molar-refractivity contribution in [1.82, 2.24) is 0 Å². The molecule has 0 fully saturated rings. The lowest BCUT2D eigenvalue weighted by molar-refractivity contribution is 0.748. The van der Waals surface area contributed by atoms with Crippen molar-refractivity contribution in [3.63, 3.8) is 0 Å². The van der Waals surface area contributed by atoms with Gasteiger partial charge in [0.2, 0.25) is 0 Å². The average Bonchev–Trinajstić information content (AvgIpc) is 1.87. The molecule has 3 N–H and O–H groups in total. The number of hydrogen-bond donors (Lipinski definition) is 2. The lowest BCUT2D eigenvalue weighted by atomic mass is 10.0. The van der Waals surface area contributed by atoms with Crippen LogP contribution in [-0.2, 0) is 0 Å². The van der Waals surface area contributed by atoms with Crippen LogP contribution in [0.1, 0.15) is 26.7 Å². The molecule has 9 heavy (non-hydrogen) atoms. The number of nitrogens with two attached hydrogens (primary N) is 1. The van der Waals surface area contributed by atoms with Gasteiger partial charge in [0.1, 0.15) is 0 Å². The summed E-state index contributed by atoms with van der Waals surface area (Å²) in [6.07, 6.45) is 1.96. The molecule has 0 rings (SSSR count). The van der Waals surface area contributed by atoms with Crippen LogP contribution in [0, 0.1) is 11.3 Å². The van der Waals surface area contributed by atoms with Crippen molar-refractivity contribution in [3.8, 4) is 0 Å². The lowest BCUT2D eigenvalue weighted by Crippen LogP contribution is -2.19. The summed E-state index contributed by atoms with van der Waals surface area (Å²) in [6.45, 7) is 4.69. The van der Waals surface area contributed by atoms with Crippen LogP contribution in [0.15, 0.2) is 0 Å². The van der Waals surface area contributed by atoms with Crippen LogP contribution in [0.4, 0.5) is 0 Å². The maximum Gasteiger partial charge on any atom is 0.0130 e. The van der Waals surface area contributed by atoms with Gasteiger partial charge in [0.25, 0.3) is 0 Å². The molecular weight excluding hydrogens is 112 g/mol. The van der Waals surface area contributed by atoms with Crippen LogP contribution >= 0.6 is 0 Å². The van der Waals surface area contributed by atoms with E-state index in [2.05, 4.69) is 6.92 Å². The molecular formula is C7H16N2. The topological polar surface area (TPSA) is 49.9 Å². The summed E-state index contributed by atoms with van der Waals surface area (Å²) in [5.41, 5.74) is 6.15. The van der Waals surface area contributed by atoms with Crippen molar-refractivity contribution in [2.75, 3.05) is 6.54 Å². The molecule has 0 saturated carbocycles. The van der Waals surface area contributed by atoms with Gasteiger partial charge in [-0.2, -0.15) is 0 Å². The summed E-state index contributed by atoms with van der Waals surface area (Å²) in [7, 11) is 0. The fraction of sp³-hybridized carbons (Fsp3) is 0.857. The molecule has 0 spiro atoms. The van der Waals surface area contributed by atoms with E-state index < -0.39 is 0 Å². The van der Waals surface area contributed by atoms with Crippen LogP contribution < -0.4 is 5.73 Å². The Labute approximate surface area is 57.0 Å². The van der Waals surface area contributed by atoms with Crippen LogP contribution in [-0.4, -0.2) is 12.3 Å². The summed E-state index contributed by atoms with van der Waals surface area (Å²) in [5, 5.41) is 7.41. The van der Waals surface area contributed by atoms with Gasteiger partial charge in [-0.25, -0.2) is 0 Å². The highest BCUT2D eigenvalue weighted by Crippen LogP contribution is 2.00. The third kappa shape index (κ3) is 3.25. The molecule has 0 amide bonds. The van der Waals surface area contributed by atoms with Crippen molar-refractivity contribution < 1.29 is 0 Å². The normalized spacial score (nSPS) is 13.2. The molecule has 2 nitrogen and oxygen atoms in total. The van der Waals surface area contributed by atoms with Gasteiger partial charge in [-0.1, -0.05) is 20.3 Å². The third-order valence-corrected chi connectivity index (χ3v) is 1.47. The Morgan fingerprint density at radius 3 is 2.56 bits per heavy atom. The molecule has 0 aromatic rings. The number of rotatable bonds is 4. The first-order valence-electron chi connectivity index (χ1n) is 3.49. The third-order valence-electron chi connectivity index (χ3n) is 1.47. The van der Waals surface area contributed by atoms with Crippen molar-refractivity contribution in [1.29, 1.82) is 5.41 Å². The summed E-state index contributed by atoms with van der Waals surface area (Å²) < 4.78 is 0. The van der Waals surface area contributed by atoms with Crippen LogP contribution in [0.25, 0.3) is 0 Å². The van der Waals surface area contributed by atoms with E-state index in [4.69, 9.17) is 11.1 Å². The van der Waals surface area contributed by atoms with Crippen molar-refractivity contribution >= 4 is 5.71 Å². The van der Waals surface area contributed by atoms with Gasteiger partial charge in [-0.3, -0.25) is 0 Å². The molecule has 0 aliphatic heterocycles. The largest absolute Gasteiger partial charge is 0.330 e. The SMILES string of the molecule is CCCC(=N)C(C)CN. The van der Waals surface area contributed by atoms with Gasteiger partial charge < -0.3 is 11.1 Å². The van der Waals surface area contributed by atoms with Gasteiger partial charge in [0.15, 0.2) is 0 Å². The van der Waals surface area contributed by atoms with E-state index in [0.717, 1.165) is 18.6 Å². The first kappa shape index (κ1) is 8.63. The minimum Gasteiger partial charge on any atom is -0.330 e. The van der Waals surface area contributed by atoms with Gasteiger partial charge in [-0.15, -0.1) is 0 Å². The Morgan fingerprint density at radius 2 is 2.22 bits per heavy atom. The highest BCUT2D eigenvalue weighted by atomic mass is 14.6. The zero-order chi connectivity index (χ0) is 7.28. The molecule has 0 aliphatic rings. The van der Waals surface area contributed by atoms with Crippen molar-refractivity contribution in [2.24, 2.45) is 11.7 Å². The zero-order valence-corrected chi connectivity index (χ0v) is 6.28. The highest BCUT2D eigenvalue weighted by molar-refractivity contribution is 5.83. The molecule has 0 aromatic heterocycles. The number of hydrogen-bond acceptors (Lipinski definition) is 2. The summed E-state index contributed by atoms with van der Waals surface area (Å²) in [4.78, 5) is 0. The summed E-state index contributed by atoms with van der Waals surface area (Å²) in [6, 6.07) is 0. The van der Waals surface area contributed by atoms with E-state index in [9.17, 15) is 0 Å². The first-order chi connectivity index (χ1) is 4.22. The van der Waals surface area contributed by atoms with Crippen LogP contribution in [0.2, 0.25) is 0 Å². The van der Waals surface area contributed by atoms with E-state index in [1.54, 1.807) is 0 Å². The molecule has 0 bridgehead atoms. The standard InChI is InChI=1S/C7H16N2/c1-3-4-7(9)6(2)5-8/h6,9H,3-5,8H2,1-2H3. The second kappa shape index (κ2) is 4.50. The Bertz CT molecular complexity index is 88.9. The maximum atomic E-state index is 7.41. The molecule has 0 saturated heterocycles. The molecule has 0 aliphatic carbocycles. The van der Waals surface area contributed by atoms with Crippen LogP contribution in [0.5, 0.6) is 0 Å². The smallest absolute Gasteiger partial charge is 0.0130 e. The Hall–Kier alpha value is -0.370. The molecule has 54 valence electrons. The maximum absolute atomic E-state index is 7.41. The minimum atomic E-state index is 0.282. The summed E-state index contributed by atoms with van der Waals surface area (Å²) in [5.74, 6) is 0.282. The summed E-state index contributed by atoms with van der Waals surface area (Å²) >= 11 is 0. The molecule has 0 heterocycles. The molecule has 2 heteroatoms. The predicted molar refractivity (Wildman–Crippen MR) is 40.9 cm³/mol.